The monoisotopic (exact) mass is 217 g/mol. The molecule has 1 aliphatic rings. The number of nitrogens with zero attached hydrogens (tertiary/aromatic N) is 2. The van der Waals surface area contributed by atoms with Crippen LogP contribution in [0.2, 0.25) is 0 Å². The van der Waals surface area contributed by atoms with Crippen LogP contribution < -0.4 is 5.32 Å². The van der Waals surface area contributed by atoms with Crippen molar-refractivity contribution in [1.82, 2.24) is 9.38 Å². The Bertz CT molecular complexity index is 557. The van der Waals surface area contributed by atoms with Crippen LogP contribution in [-0.2, 0) is 4.79 Å². The molecule has 1 aliphatic carbocycles. The van der Waals surface area contributed by atoms with E-state index in [0.29, 0.717) is 11.5 Å². The van der Waals surface area contributed by atoms with Crippen molar-refractivity contribution in [1.29, 1.82) is 0 Å². The fraction of sp³-hybridized carbons (Fsp3) is 0.273. The van der Waals surface area contributed by atoms with Crippen LogP contribution in [0.5, 0.6) is 5.75 Å². The minimum absolute atomic E-state index is 0.0348. The first kappa shape index (κ1) is 9.21. The third-order valence-electron chi connectivity index (χ3n) is 2.63. The van der Waals surface area contributed by atoms with Crippen LogP contribution in [0.3, 0.4) is 0 Å². The van der Waals surface area contributed by atoms with Gasteiger partial charge >= 0.3 is 0 Å². The summed E-state index contributed by atoms with van der Waals surface area (Å²) in [5, 5.41) is 12.0. The normalized spacial score (nSPS) is 15.2. The quantitative estimate of drug-likeness (QED) is 0.798. The predicted molar refractivity (Wildman–Crippen MR) is 58.2 cm³/mol. The van der Waals surface area contributed by atoms with Crippen LogP contribution in [0.15, 0.2) is 24.5 Å². The molecule has 0 aliphatic heterocycles. The molecule has 82 valence electrons. The molecule has 2 N–H and O–H groups in total. The molecule has 0 aromatic carbocycles. The summed E-state index contributed by atoms with van der Waals surface area (Å²) in [4.78, 5) is 15.7. The predicted octanol–water partition coefficient (Wildman–Crippen LogP) is 1.39. The highest BCUT2D eigenvalue weighted by Gasteiger charge is 2.29. The van der Waals surface area contributed by atoms with E-state index < -0.39 is 0 Å². The van der Waals surface area contributed by atoms with Gasteiger partial charge in [-0.1, -0.05) is 0 Å². The number of amides is 1. The van der Waals surface area contributed by atoms with E-state index in [-0.39, 0.29) is 17.6 Å². The zero-order chi connectivity index (χ0) is 11.1. The van der Waals surface area contributed by atoms with Crippen molar-refractivity contribution < 1.29 is 9.90 Å². The Morgan fingerprint density at radius 1 is 1.44 bits per heavy atom. The Labute approximate surface area is 91.7 Å². The maximum absolute atomic E-state index is 11.5. The molecule has 0 saturated heterocycles. The molecular formula is C11H11N3O2. The van der Waals surface area contributed by atoms with Gasteiger partial charge in [-0.05, 0) is 25.0 Å². The zero-order valence-electron chi connectivity index (χ0n) is 8.55. The number of nitrogens with one attached hydrogen (secondary N) is 1. The number of imidazole rings is 1. The molecule has 0 bridgehead atoms. The third kappa shape index (κ3) is 1.60. The lowest BCUT2D eigenvalue weighted by atomic mass is 10.4. The summed E-state index contributed by atoms with van der Waals surface area (Å²) in [6.45, 7) is 0. The first-order chi connectivity index (χ1) is 7.72. The van der Waals surface area contributed by atoms with Crippen LogP contribution in [0, 0.1) is 5.92 Å². The molecule has 2 aromatic heterocycles. The Hall–Kier alpha value is -2.04. The topological polar surface area (TPSA) is 66.6 Å². The number of carbonyl (C=O) groups excluding carboxylic acids is 1. The van der Waals surface area contributed by atoms with Crippen molar-refractivity contribution in [3.8, 4) is 5.75 Å². The Morgan fingerprint density at radius 3 is 3.00 bits per heavy atom. The number of rotatable bonds is 2. The molecule has 1 amide bonds. The zero-order valence-corrected chi connectivity index (χ0v) is 8.55. The Morgan fingerprint density at radius 2 is 2.25 bits per heavy atom. The number of hydrogen-bond donors (Lipinski definition) is 2. The SMILES string of the molecule is O=C(Nc1cn2cc(O)ccc2n1)C1CC1. The van der Waals surface area contributed by atoms with Gasteiger partial charge in [0.2, 0.25) is 5.91 Å². The average Bonchev–Trinajstić information content (AvgIpc) is 3.00. The van der Waals surface area contributed by atoms with Crippen LogP contribution in [0.25, 0.3) is 5.65 Å². The van der Waals surface area contributed by atoms with E-state index >= 15 is 0 Å². The summed E-state index contributed by atoms with van der Waals surface area (Å²) >= 11 is 0. The summed E-state index contributed by atoms with van der Waals surface area (Å²) in [5.74, 6) is 0.901. The molecule has 0 atom stereocenters. The number of aromatic hydroxyl groups is 1. The van der Waals surface area contributed by atoms with E-state index in [1.54, 1.807) is 28.9 Å². The molecule has 0 spiro atoms. The number of carbonyl (C=O) groups is 1. The van der Waals surface area contributed by atoms with E-state index in [0.717, 1.165) is 12.8 Å². The van der Waals surface area contributed by atoms with Crippen molar-refractivity contribution in [2.75, 3.05) is 5.32 Å². The summed E-state index contributed by atoms with van der Waals surface area (Å²) in [6.07, 6.45) is 5.18. The molecule has 5 nitrogen and oxygen atoms in total. The van der Waals surface area contributed by atoms with E-state index in [9.17, 15) is 9.90 Å². The van der Waals surface area contributed by atoms with Gasteiger partial charge in [-0.25, -0.2) is 4.98 Å². The summed E-state index contributed by atoms with van der Waals surface area (Å²) in [6, 6.07) is 3.26. The molecule has 1 saturated carbocycles. The van der Waals surface area contributed by atoms with E-state index in [4.69, 9.17) is 0 Å². The van der Waals surface area contributed by atoms with Gasteiger partial charge in [-0.3, -0.25) is 4.79 Å². The minimum atomic E-state index is 0.0348. The van der Waals surface area contributed by atoms with Gasteiger partial charge in [-0.2, -0.15) is 0 Å². The van der Waals surface area contributed by atoms with Crippen LogP contribution >= 0.6 is 0 Å². The third-order valence-corrected chi connectivity index (χ3v) is 2.63. The molecule has 0 radical (unpaired) electrons. The van der Waals surface area contributed by atoms with Gasteiger partial charge in [-0.15, -0.1) is 0 Å². The molecule has 2 heterocycles. The summed E-state index contributed by atoms with van der Waals surface area (Å²) in [7, 11) is 0. The molecule has 0 unspecified atom stereocenters. The van der Waals surface area contributed by atoms with Gasteiger partial charge in [0.15, 0.2) is 5.82 Å². The second-order valence-electron chi connectivity index (χ2n) is 4.04. The lowest BCUT2D eigenvalue weighted by molar-refractivity contribution is -0.117. The van der Waals surface area contributed by atoms with Gasteiger partial charge < -0.3 is 14.8 Å². The minimum Gasteiger partial charge on any atom is -0.506 e. The maximum Gasteiger partial charge on any atom is 0.228 e. The average molecular weight is 217 g/mol. The smallest absolute Gasteiger partial charge is 0.228 e. The highest BCUT2D eigenvalue weighted by atomic mass is 16.3. The lowest BCUT2D eigenvalue weighted by Crippen LogP contribution is -2.13. The van der Waals surface area contributed by atoms with Gasteiger partial charge in [0.1, 0.15) is 11.4 Å². The van der Waals surface area contributed by atoms with Crippen LogP contribution in [0.1, 0.15) is 12.8 Å². The number of hydrogen-bond acceptors (Lipinski definition) is 3. The summed E-state index contributed by atoms with van der Waals surface area (Å²) in [5.41, 5.74) is 0.698. The van der Waals surface area contributed by atoms with Gasteiger partial charge in [0, 0.05) is 5.92 Å². The molecule has 5 heteroatoms. The largest absolute Gasteiger partial charge is 0.506 e. The molecule has 16 heavy (non-hydrogen) atoms. The van der Waals surface area contributed by atoms with Crippen molar-refractivity contribution in [2.45, 2.75) is 12.8 Å². The Balaban J connectivity index is 1.89. The fourth-order valence-electron chi connectivity index (χ4n) is 1.61. The molecule has 3 rings (SSSR count). The standard InChI is InChI=1S/C11H11N3O2/c15-8-3-4-10-12-9(6-14(10)5-8)13-11(16)7-1-2-7/h3-7,15H,1-2H2,(H,13,16). The van der Waals surface area contributed by atoms with Gasteiger partial charge in [0.05, 0.1) is 12.4 Å². The second kappa shape index (κ2) is 3.23. The van der Waals surface area contributed by atoms with Crippen molar-refractivity contribution in [3.63, 3.8) is 0 Å². The van der Waals surface area contributed by atoms with Crippen molar-refractivity contribution in [2.24, 2.45) is 5.92 Å². The van der Waals surface area contributed by atoms with Crippen LogP contribution in [0.4, 0.5) is 5.82 Å². The first-order valence-electron chi connectivity index (χ1n) is 5.21. The number of aromatic nitrogens is 2. The van der Waals surface area contributed by atoms with Crippen molar-refractivity contribution >= 4 is 17.4 Å². The number of fused-ring (bicyclic) bond motifs is 1. The van der Waals surface area contributed by atoms with Crippen LogP contribution in [-0.4, -0.2) is 20.4 Å². The second-order valence-corrected chi connectivity index (χ2v) is 4.04. The van der Waals surface area contributed by atoms with Crippen molar-refractivity contribution in [3.05, 3.63) is 24.5 Å². The molecule has 2 aromatic rings. The lowest BCUT2D eigenvalue weighted by Gasteiger charge is -1.97. The first-order valence-corrected chi connectivity index (χ1v) is 5.21. The maximum atomic E-state index is 11.5. The molecular weight excluding hydrogens is 206 g/mol. The van der Waals surface area contributed by atoms with E-state index in [2.05, 4.69) is 10.3 Å². The van der Waals surface area contributed by atoms with E-state index in [1.807, 2.05) is 0 Å². The highest BCUT2D eigenvalue weighted by molar-refractivity contribution is 5.93. The highest BCUT2D eigenvalue weighted by Crippen LogP contribution is 2.30. The van der Waals surface area contributed by atoms with Gasteiger partial charge in [0.25, 0.3) is 0 Å². The van der Waals surface area contributed by atoms with E-state index in [1.165, 1.54) is 0 Å². The number of anilines is 1. The molecule has 1 fully saturated rings. The number of pyridine rings is 1. The Kier molecular flexibility index (Phi) is 1.86. The fourth-order valence-corrected chi connectivity index (χ4v) is 1.61. The summed E-state index contributed by atoms with van der Waals surface area (Å²) < 4.78 is 1.68.